The molecule has 55 heavy (non-hydrogen) atoms. The minimum atomic E-state index is -1.35. The van der Waals surface area contributed by atoms with Crippen LogP contribution in [0.5, 0.6) is 0 Å². The highest BCUT2D eigenvalue weighted by Gasteiger charge is 2.51. The number of carbonyl (C=O) groups is 3. The van der Waals surface area contributed by atoms with Gasteiger partial charge in [0, 0.05) is 28.3 Å². The average molecular weight is 721 g/mol. The lowest BCUT2D eigenvalue weighted by molar-refractivity contribution is -0.186. The molecule has 0 aromatic heterocycles. The molecule has 3 aliphatic rings. The standard InChI is InChI=1S/C49H40N2O4/c1-49(2,3)45(50-46(52)39-24-12-18-34-19-13-25-40(41(34)39)47(50)53)48(54)51(55)44(42-35-20-8-4-14-30(35)26-27-31-15-5-9-21-36(31)42)43-37-22-10-6-16-32(37)28-29-33-17-7-11-23-38(33)43/h4-29,42-45,55H,1-3H3/t45-/m1/s1. The quantitative estimate of drug-likeness (QED) is 0.109. The third kappa shape index (κ3) is 5.55. The Kier molecular flexibility index (Phi) is 8.25. The molecule has 6 heteroatoms. The fourth-order valence-electron chi connectivity index (χ4n) is 9.11. The van der Waals surface area contributed by atoms with Gasteiger partial charge in [-0.2, -0.15) is 0 Å². The van der Waals surface area contributed by atoms with Crippen LogP contribution in [0, 0.1) is 5.41 Å². The van der Waals surface area contributed by atoms with Crippen LogP contribution in [-0.4, -0.2) is 45.0 Å². The molecule has 1 heterocycles. The van der Waals surface area contributed by atoms with Gasteiger partial charge >= 0.3 is 0 Å². The first-order valence-corrected chi connectivity index (χ1v) is 18.8. The Morgan fingerprint density at radius 3 is 1.29 bits per heavy atom. The van der Waals surface area contributed by atoms with E-state index in [2.05, 4.69) is 72.8 Å². The van der Waals surface area contributed by atoms with Crippen molar-refractivity contribution in [2.75, 3.05) is 0 Å². The van der Waals surface area contributed by atoms with Gasteiger partial charge in [-0.1, -0.05) is 166 Å². The van der Waals surface area contributed by atoms with Crippen molar-refractivity contribution in [3.8, 4) is 0 Å². The molecule has 6 aromatic rings. The molecule has 1 aliphatic heterocycles. The first-order valence-electron chi connectivity index (χ1n) is 18.8. The van der Waals surface area contributed by atoms with Crippen LogP contribution >= 0.6 is 0 Å². The van der Waals surface area contributed by atoms with Gasteiger partial charge in [0.15, 0.2) is 0 Å². The summed E-state index contributed by atoms with van der Waals surface area (Å²) in [6.07, 6.45) is 8.36. The second kappa shape index (κ2) is 13.2. The van der Waals surface area contributed by atoms with Gasteiger partial charge in [-0.25, -0.2) is 5.06 Å². The molecule has 1 N–H and O–H groups in total. The number of imide groups is 1. The van der Waals surface area contributed by atoms with E-state index in [1.807, 2.05) is 81.4 Å². The number of hydroxylamine groups is 2. The molecule has 0 bridgehead atoms. The van der Waals surface area contributed by atoms with Gasteiger partial charge in [0.2, 0.25) is 0 Å². The maximum absolute atomic E-state index is 15.7. The summed E-state index contributed by atoms with van der Waals surface area (Å²) in [6.45, 7) is 5.50. The summed E-state index contributed by atoms with van der Waals surface area (Å²) >= 11 is 0. The highest BCUT2D eigenvalue weighted by atomic mass is 16.5. The van der Waals surface area contributed by atoms with Gasteiger partial charge in [-0.05, 0) is 67.4 Å². The van der Waals surface area contributed by atoms with E-state index < -0.39 is 47.1 Å². The van der Waals surface area contributed by atoms with E-state index in [-0.39, 0.29) is 0 Å². The zero-order valence-electron chi connectivity index (χ0n) is 30.9. The van der Waals surface area contributed by atoms with Crippen molar-refractivity contribution in [3.63, 3.8) is 0 Å². The maximum Gasteiger partial charge on any atom is 0.270 e. The van der Waals surface area contributed by atoms with Gasteiger partial charge in [0.1, 0.15) is 6.04 Å². The third-order valence-corrected chi connectivity index (χ3v) is 11.5. The number of hydrogen-bond donors (Lipinski definition) is 1. The second-order valence-corrected chi connectivity index (χ2v) is 15.8. The van der Waals surface area contributed by atoms with Crippen LogP contribution in [0.15, 0.2) is 133 Å². The van der Waals surface area contributed by atoms with Crippen LogP contribution in [-0.2, 0) is 4.79 Å². The lowest BCUT2D eigenvalue weighted by Crippen LogP contribution is -2.61. The molecule has 6 aromatic carbocycles. The van der Waals surface area contributed by atoms with Gasteiger partial charge < -0.3 is 0 Å². The summed E-state index contributed by atoms with van der Waals surface area (Å²) in [7, 11) is 0. The van der Waals surface area contributed by atoms with Crippen molar-refractivity contribution in [3.05, 3.63) is 189 Å². The molecule has 0 saturated heterocycles. The smallest absolute Gasteiger partial charge is 0.270 e. The van der Waals surface area contributed by atoms with Crippen molar-refractivity contribution in [2.24, 2.45) is 5.41 Å². The van der Waals surface area contributed by atoms with Crippen molar-refractivity contribution in [1.29, 1.82) is 0 Å². The predicted molar refractivity (Wildman–Crippen MR) is 217 cm³/mol. The molecule has 1 atom stereocenters. The Bertz CT molecular complexity index is 2360. The molecule has 6 nitrogen and oxygen atoms in total. The van der Waals surface area contributed by atoms with E-state index in [1.165, 1.54) is 0 Å². The molecule has 0 fully saturated rings. The van der Waals surface area contributed by atoms with E-state index in [4.69, 9.17) is 0 Å². The van der Waals surface area contributed by atoms with Crippen molar-refractivity contribution >= 4 is 52.8 Å². The summed E-state index contributed by atoms with van der Waals surface area (Å²) in [5, 5.41) is 15.4. The van der Waals surface area contributed by atoms with E-state index >= 15 is 4.79 Å². The van der Waals surface area contributed by atoms with E-state index in [1.54, 1.807) is 24.3 Å². The maximum atomic E-state index is 15.7. The molecule has 0 spiro atoms. The van der Waals surface area contributed by atoms with Crippen molar-refractivity contribution < 1.29 is 19.6 Å². The fourth-order valence-corrected chi connectivity index (χ4v) is 9.11. The van der Waals surface area contributed by atoms with Gasteiger partial charge in [0.05, 0.1) is 6.04 Å². The highest BCUT2D eigenvalue weighted by molar-refractivity contribution is 6.26. The molecule has 270 valence electrons. The highest BCUT2D eigenvalue weighted by Crippen LogP contribution is 2.48. The number of nitrogens with zero attached hydrogens (tertiary/aromatic N) is 2. The predicted octanol–water partition coefficient (Wildman–Crippen LogP) is 10.1. The van der Waals surface area contributed by atoms with Crippen LogP contribution in [0.1, 0.15) is 97.8 Å². The van der Waals surface area contributed by atoms with E-state index in [0.29, 0.717) is 16.5 Å². The van der Waals surface area contributed by atoms with Crippen LogP contribution in [0.2, 0.25) is 0 Å². The molecule has 2 aliphatic carbocycles. The van der Waals surface area contributed by atoms with Crippen LogP contribution in [0.3, 0.4) is 0 Å². The Hall–Kier alpha value is -6.37. The summed E-state index contributed by atoms with van der Waals surface area (Å²) in [6, 6.07) is 40.9. The SMILES string of the molecule is CC(C)(C)[C@@H](C(=O)N(O)C(C1c2ccccc2C=Cc2ccccc21)C1c2ccccc2C=Cc2ccccc21)N1C(=O)c2cccc3cccc(c23)C1=O. The Morgan fingerprint density at radius 1 is 0.564 bits per heavy atom. The molecule has 0 unspecified atom stereocenters. The minimum absolute atomic E-state index is 0.353. The average Bonchev–Trinajstić information content (AvgIpc) is 3.47. The number of rotatable bonds is 5. The molecule has 0 saturated carbocycles. The number of amides is 3. The Labute approximate surface area is 320 Å². The molecule has 0 radical (unpaired) electrons. The minimum Gasteiger partial charge on any atom is -0.286 e. The van der Waals surface area contributed by atoms with E-state index in [9.17, 15) is 14.8 Å². The summed E-state index contributed by atoms with van der Waals surface area (Å²) in [5.74, 6) is -2.93. The fraction of sp³-hybridized carbons (Fsp3) is 0.163. The van der Waals surface area contributed by atoms with Crippen molar-refractivity contribution in [2.45, 2.75) is 44.7 Å². The molecular formula is C49H40N2O4. The van der Waals surface area contributed by atoms with Crippen LogP contribution < -0.4 is 0 Å². The Morgan fingerprint density at radius 2 is 0.927 bits per heavy atom. The molecule has 9 rings (SSSR count). The molecular weight excluding hydrogens is 681 g/mol. The largest absolute Gasteiger partial charge is 0.286 e. The number of benzene rings is 6. The third-order valence-electron chi connectivity index (χ3n) is 11.5. The van der Waals surface area contributed by atoms with Gasteiger partial charge in [-0.3, -0.25) is 24.5 Å². The lowest BCUT2D eigenvalue weighted by atomic mass is 9.71. The number of hydrogen-bond acceptors (Lipinski definition) is 4. The zero-order chi connectivity index (χ0) is 38.0. The van der Waals surface area contributed by atoms with Crippen LogP contribution in [0.4, 0.5) is 0 Å². The number of carbonyl (C=O) groups excluding carboxylic acids is 3. The zero-order valence-corrected chi connectivity index (χ0v) is 30.9. The van der Waals surface area contributed by atoms with Gasteiger partial charge in [-0.15, -0.1) is 0 Å². The topological polar surface area (TPSA) is 77.9 Å². The summed E-state index contributed by atoms with van der Waals surface area (Å²) in [4.78, 5) is 45.9. The first-order chi connectivity index (χ1) is 26.6. The summed E-state index contributed by atoms with van der Waals surface area (Å²) in [5.41, 5.74) is 7.42. The molecule has 3 amide bonds. The normalized spacial score (nSPS) is 15.5. The first kappa shape index (κ1) is 34.4. The van der Waals surface area contributed by atoms with Crippen molar-refractivity contribution in [1.82, 2.24) is 9.96 Å². The van der Waals surface area contributed by atoms with Gasteiger partial charge in [0.25, 0.3) is 17.7 Å². The number of fused-ring (bicyclic) bond motifs is 4. The lowest BCUT2D eigenvalue weighted by Gasteiger charge is -2.45. The second-order valence-electron chi connectivity index (χ2n) is 15.8. The van der Waals surface area contributed by atoms with E-state index in [0.717, 1.165) is 59.9 Å². The monoisotopic (exact) mass is 720 g/mol. The summed E-state index contributed by atoms with van der Waals surface area (Å²) < 4.78 is 0. The Balaban J connectivity index is 1.28. The van der Waals surface area contributed by atoms with Crippen LogP contribution in [0.25, 0.3) is 35.1 Å².